The maximum atomic E-state index is 12.7. The number of hydrogen-bond acceptors (Lipinski definition) is 6. The topological polar surface area (TPSA) is 124 Å². The molecule has 2 aromatic heterocycles. The summed E-state index contributed by atoms with van der Waals surface area (Å²) in [6, 6.07) is 7.36. The molecule has 2 heterocycles. The summed E-state index contributed by atoms with van der Waals surface area (Å²) in [7, 11) is 0. The van der Waals surface area contributed by atoms with Gasteiger partial charge in [0.2, 0.25) is 5.75 Å². The molecule has 1 fully saturated rings. The average Bonchev–Trinajstić information content (AvgIpc) is 3.14. The molecule has 1 aliphatic carbocycles. The molecular weight excluding hydrogens is 358 g/mol. The zero-order valence-corrected chi connectivity index (χ0v) is 15.6. The van der Waals surface area contributed by atoms with Gasteiger partial charge in [-0.15, -0.1) is 0 Å². The molecule has 1 aromatic carbocycles. The Hall–Kier alpha value is -3.16. The number of aromatic amines is 1. The molecule has 28 heavy (non-hydrogen) atoms. The van der Waals surface area contributed by atoms with E-state index in [0.29, 0.717) is 17.3 Å². The number of para-hydroxylation sites is 2. The summed E-state index contributed by atoms with van der Waals surface area (Å²) in [5.74, 6) is -1.06. The van der Waals surface area contributed by atoms with Gasteiger partial charge in [-0.1, -0.05) is 31.4 Å². The van der Waals surface area contributed by atoms with Gasteiger partial charge >= 0.3 is 0 Å². The first-order valence-corrected chi connectivity index (χ1v) is 9.59. The number of H-pyrrole nitrogens is 1. The summed E-state index contributed by atoms with van der Waals surface area (Å²) >= 11 is 0. The van der Waals surface area contributed by atoms with Crippen LogP contribution in [-0.2, 0) is 0 Å². The van der Waals surface area contributed by atoms with Gasteiger partial charge in [0.05, 0.1) is 11.0 Å². The molecule has 0 radical (unpaired) electrons. The van der Waals surface area contributed by atoms with E-state index in [2.05, 4.69) is 25.3 Å². The molecule has 1 aliphatic rings. The Morgan fingerprint density at radius 3 is 2.64 bits per heavy atom. The van der Waals surface area contributed by atoms with Crippen molar-refractivity contribution in [1.82, 2.24) is 25.3 Å². The summed E-state index contributed by atoms with van der Waals surface area (Å²) in [6.07, 6.45) is 5.72. The third-order valence-electron chi connectivity index (χ3n) is 5.40. The minimum atomic E-state index is -0.652. The molecule has 0 bridgehead atoms. The second-order valence-corrected chi connectivity index (χ2v) is 7.33. The van der Waals surface area contributed by atoms with Crippen molar-refractivity contribution >= 4 is 16.9 Å². The Labute approximate surface area is 162 Å². The monoisotopic (exact) mass is 381 g/mol. The van der Waals surface area contributed by atoms with Crippen molar-refractivity contribution in [3.8, 4) is 23.3 Å². The largest absolute Gasteiger partial charge is 0.501 e. The van der Waals surface area contributed by atoms with E-state index in [1.807, 2.05) is 31.2 Å². The van der Waals surface area contributed by atoms with E-state index in [4.69, 9.17) is 0 Å². The first-order valence-electron chi connectivity index (χ1n) is 9.59. The molecule has 4 N–H and O–H groups in total. The Bertz CT molecular complexity index is 977. The maximum Gasteiger partial charge on any atom is 0.274 e. The van der Waals surface area contributed by atoms with Crippen molar-refractivity contribution < 1.29 is 15.0 Å². The lowest BCUT2D eigenvalue weighted by Gasteiger charge is -2.28. The van der Waals surface area contributed by atoms with E-state index in [1.165, 1.54) is 19.3 Å². The fourth-order valence-corrected chi connectivity index (χ4v) is 3.79. The summed E-state index contributed by atoms with van der Waals surface area (Å²) in [5, 5.41) is 23.1. The number of aromatic nitrogens is 4. The van der Waals surface area contributed by atoms with Crippen LogP contribution in [0.15, 0.2) is 24.3 Å². The van der Waals surface area contributed by atoms with Crippen molar-refractivity contribution in [1.29, 1.82) is 0 Å². The number of carbonyl (C=O) groups is 1. The van der Waals surface area contributed by atoms with Crippen LogP contribution in [0.1, 0.15) is 49.5 Å². The van der Waals surface area contributed by atoms with Gasteiger partial charge in [0, 0.05) is 6.04 Å². The third kappa shape index (κ3) is 3.49. The minimum Gasteiger partial charge on any atom is -0.501 e. The Balaban J connectivity index is 1.62. The normalized spacial score (nSPS) is 16.2. The molecule has 3 aromatic rings. The molecule has 0 unspecified atom stereocenters. The summed E-state index contributed by atoms with van der Waals surface area (Å²) in [6.45, 7) is 1.96. The van der Waals surface area contributed by atoms with Crippen molar-refractivity contribution in [3.05, 3.63) is 30.0 Å². The number of imidazole rings is 1. The van der Waals surface area contributed by atoms with E-state index in [-0.39, 0.29) is 17.6 Å². The summed E-state index contributed by atoms with van der Waals surface area (Å²) in [4.78, 5) is 28.2. The predicted molar refractivity (Wildman–Crippen MR) is 104 cm³/mol. The molecule has 1 saturated carbocycles. The lowest BCUT2D eigenvalue weighted by atomic mass is 9.84. The molecule has 146 valence electrons. The molecule has 1 atom stereocenters. The van der Waals surface area contributed by atoms with Gasteiger partial charge in [-0.05, 0) is 37.8 Å². The highest BCUT2D eigenvalue weighted by molar-refractivity contribution is 5.96. The van der Waals surface area contributed by atoms with Crippen LogP contribution in [0.4, 0.5) is 0 Å². The van der Waals surface area contributed by atoms with Crippen LogP contribution in [0.2, 0.25) is 0 Å². The number of nitrogens with zero attached hydrogens (tertiary/aromatic N) is 3. The number of carbonyl (C=O) groups excluding carboxylic acids is 1. The van der Waals surface area contributed by atoms with E-state index in [0.717, 1.165) is 18.4 Å². The number of hydrogen-bond donors (Lipinski definition) is 4. The second kappa shape index (κ2) is 7.46. The van der Waals surface area contributed by atoms with Crippen molar-refractivity contribution in [2.24, 2.45) is 5.92 Å². The van der Waals surface area contributed by atoms with Crippen LogP contribution in [0, 0.1) is 5.92 Å². The van der Waals surface area contributed by atoms with Crippen LogP contribution in [0.5, 0.6) is 11.6 Å². The van der Waals surface area contributed by atoms with E-state index < -0.39 is 17.5 Å². The van der Waals surface area contributed by atoms with Gasteiger partial charge in [-0.2, -0.15) is 4.98 Å². The zero-order valence-electron chi connectivity index (χ0n) is 15.6. The summed E-state index contributed by atoms with van der Waals surface area (Å²) < 4.78 is 0. The molecule has 0 spiro atoms. The minimum absolute atomic E-state index is 0.0426. The van der Waals surface area contributed by atoms with Gasteiger partial charge in [0.15, 0.2) is 17.3 Å². The molecule has 0 saturated heterocycles. The van der Waals surface area contributed by atoms with Crippen molar-refractivity contribution in [3.63, 3.8) is 0 Å². The fraction of sp³-hybridized carbons (Fsp3) is 0.400. The van der Waals surface area contributed by atoms with Gasteiger partial charge in [0.25, 0.3) is 11.8 Å². The molecule has 8 nitrogen and oxygen atoms in total. The third-order valence-corrected chi connectivity index (χ3v) is 5.40. The highest BCUT2D eigenvalue weighted by atomic mass is 16.3. The van der Waals surface area contributed by atoms with Crippen LogP contribution in [0.25, 0.3) is 22.7 Å². The first kappa shape index (κ1) is 18.2. The van der Waals surface area contributed by atoms with Crippen molar-refractivity contribution in [2.75, 3.05) is 0 Å². The number of fused-ring (bicyclic) bond motifs is 1. The Morgan fingerprint density at radius 2 is 1.89 bits per heavy atom. The van der Waals surface area contributed by atoms with Crippen LogP contribution in [0.3, 0.4) is 0 Å². The molecule has 4 rings (SSSR count). The van der Waals surface area contributed by atoms with E-state index in [1.54, 1.807) is 0 Å². The lowest BCUT2D eigenvalue weighted by molar-refractivity contribution is 0.0910. The highest BCUT2D eigenvalue weighted by Crippen LogP contribution is 2.30. The van der Waals surface area contributed by atoms with Gasteiger partial charge in [-0.25, -0.2) is 9.97 Å². The number of rotatable bonds is 4. The predicted octanol–water partition coefficient (Wildman–Crippen LogP) is 3.13. The number of nitrogens with one attached hydrogen (secondary N) is 2. The van der Waals surface area contributed by atoms with Crippen LogP contribution >= 0.6 is 0 Å². The number of aromatic hydroxyl groups is 2. The van der Waals surface area contributed by atoms with Gasteiger partial charge in [-0.3, -0.25) is 4.79 Å². The number of amides is 1. The van der Waals surface area contributed by atoms with Crippen LogP contribution < -0.4 is 5.32 Å². The van der Waals surface area contributed by atoms with E-state index >= 15 is 0 Å². The van der Waals surface area contributed by atoms with Gasteiger partial charge < -0.3 is 20.5 Å². The first-order chi connectivity index (χ1) is 13.5. The smallest absolute Gasteiger partial charge is 0.274 e. The molecule has 1 amide bonds. The quantitative estimate of drug-likeness (QED) is 0.550. The molecular formula is C20H23N5O3. The standard InChI is InChI=1S/C20H23N5O3/c1-11(12-7-3-2-4-8-12)21-19(27)15-16(26)20(28)25-18(24-15)17-22-13-9-5-6-10-14(13)23-17/h5-6,9-12,26H,2-4,7-8H2,1H3,(H,21,27)(H,22,23)(H,24,25,28)/t11-/m1/s1. The van der Waals surface area contributed by atoms with Crippen LogP contribution in [-0.4, -0.2) is 42.1 Å². The Kier molecular flexibility index (Phi) is 4.85. The SMILES string of the molecule is C[C@@H](NC(=O)c1nc(-c2nc3ccccc3[nH]2)nc(O)c1O)C1CCCCC1. The average molecular weight is 381 g/mol. The Morgan fingerprint density at radius 1 is 1.14 bits per heavy atom. The van der Waals surface area contributed by atoms with Gasteiger partial charge in [0.1, 0.15) is 0 Å². The zero-order chi connectivity index (χ0) is 19.7. The molecule has 8 heteroatoms. The maximum absolute atomic E-state index is 12.7. The summed E-state index contributed by atoms with van der Waals surface area (Å²) in [5.41, 5.74) is 1.24. The second-order valence-electron chi connectivity index (χ2n) is 7.33. The lowest BCUT2D eigenvalue weighted by Crippen LogP contribution is -2.39. The number of benzene rings is 1. The van der Waals surface area contributed by atoms with E-state index in [9.17, 15) is 15.0 Å². The highest BCUT2D eigenvalue weighted by Gasteiger charge is 2.26. The van der Waals surface area contributed by atoms with Crippen molar-refractivity contribution in [2.45, 2.75) is 45.1 Å². The fourth-order valence-electron chi connectivity index (χ4n) is 3.79. The molecule has 0 aliphatic heterocycles.